The lowest BCUT2D eigenvalue weighted by Crippen LogP contribution is -2.35. The van der Waals surface area contributed by atoms with Gasteiger partial charge in [-0.1, -0.05) is 11.6 Å². The highest BCUT2D eigenvalue weighted by atomic mass is 35.5. The molecular formula is C12H9ClFN3O2S. The first-order chi connectivity index (χ1) is 9.45. The third-order valence-electron chi connectivity index (χ3n) is 2.55. The second-order valence-electron chi connectivity index (χ2n) is 3.86. The largest absolute Gasteiger partial charge is 0.350 e. The maximum Gasteiger partial charge on any atom is 0.227 e. The van der Waals surface area contributed by atoms with Gasteiger partial charge in [-0.2, -0.15) is 5.26 Å². The summed E-state index contributed by atoms with van der Waals surface area (Å²) in [6.07, 6.45) is 4.07. The fourth-order valence-electron chi connectivity index (χ4n) is 1.61. The van der Waals surface area contributed by atoms with Crippen molar-refractivity contribution in [3.05, 3.63) is 53.8 Å². The molecule has 1 aliphatic rings. The number of nitrogens with zero attached hydrogens (tertiary/aromatic N) is 2. The molecule has 1 atom stereocenters. The number of hydrogen-bond acceptors (Lipinski definition) is 5. The highest BCUT2D eigenvalue weighted by molar-refractivity contribution is 7.92. The Hall–Kier alpha value is -2.04. The first-order valence-corrected chi connectivity index (χ1v) is 7.34. The number of benzene rings is 1. The van der Waals surface area contributed by atoms with Crippen LogP contribution in [0.15, 0.2) is 52.9 Å². The van der Waals surface area contributed by atoms with Crippen LogP contribution in [0, 0.1) is 17.1 Å². The summed E-state index contributed by atoms with van der Waals surface area (Å²) in [6, 6.07) is 5.99. The predicted molar refractivity (Wildman–Crippen MR) is 71.0 cm³/mol. The Morgan fingerprint density at radius 2 is 2.00 bits per heavy atom. The van der Waals surface area contributed by atoms with Crippen LogP contribution in [0.4, 0.5) is 4.39 Å². The Kier molecular flexibility index (Phi) is 3.97. The SMILES string of the molecule is N#CC(N1C=CNC(Cl)=C1)S(=O)(=O)c1ccc(F)cc1. The van der Waals surface area contributed by atoms with Gasteiger partial charge in [-0.15, -0.1) is 0 Å². The molecule has 0 saturated carbocycles. The first kappa shape index (κ1) is 14.4. The molecule has 1 aliphatic heterocycles. The maximum atomic E-state index is 12.8. The molecule has 0 bridgehead atoms. The van der Waals surface area contributed by atoms with Gasteiger partial charge in [0.15, 0.2) is 0 Å². The summed E-state index contributed by atoms with van der Waals surface area (Å²) < 4.78 is 37.6. The van der Waals surface area contributed by atoms with Crippen molar-refractivity contribution in [3.63, 3.8) is 0 Å². The van der Waals surface area contributed by atoms with Crippen molar-refractivity contribution in [3.8, 4) is 6.07 Å². The van der Waals surface area contributed by atoms with E-state index in [1.807, 2.05) is 0 Å². The Morgan fingerprint density at radius 1 is 1.35 bits per heavy atom. The number of rotatable bonds is 3. The average Bonchev–Trinajstić information content (AvgIpc) is 2.40. The Bertz CT molecular complexity index is 707. The van der Waals surface area contributed by atoms with Crippen molar-refractivity contribution >= 4 is 21.4 Å². The summed E-state index contributed by atoms with van der Waals surface area (Å²) in [7, 11) is -3.98. The summed E-state index contributed by atoms with van der Waals surface area (Å²) in [5.74, 6) is -0.553. The lowest BCUT2D eigenvalue weighted by molar-refractivity contribution is 0.482. The van der Waals surface area contributed by atoms with Crippen LogP contribution >= 0.6 is 11.6 Å². The van der Waals surface area contributed by atoms with Gasteiger partial charge in [0, 0.05) is 18.6 Å². The van der Waals surface area contributed by atoms with Crippen LogP contribution in [0.5, 0.6) is 0 Å². The zero-order valence-corrected chi connectivity index (χ0v) is 11.6. The van der Waals surface area contributed by atoms with Crippen molar-refractivity contribution < 1.29 is 12.8 Å². The molecule has 0 aliphatic carbocycles. The van der Waals surface area contributed by atoms with Gasteiger partial charge in [0.1, 0.15) is 17.0 Å². The fourth-order valence-corrected chi connectivity index (χ4v) is 3.15. The van der Waals surface area contributed by atoms with Crippen LogP contribution in [-0.4, -0.2) is 18.7 Å². The minimum Gasteiger partial charge on any atom is -0.350 e. The molecule has 1 aromatic rings. The quantitative estimate of drug-likeness (QED) is 0.681. The van der Waals surface area contributed by atoms with E-state index < -0.39 is 21.0 Å². The standard InChI is InChI=1S/C12H9ClFN3O2S/c13-11-8-17(6-5-16-11)12(7-15)20(18,19)10-3-1-9(14)2-4-10/h1-6,8,12,16H. The molecule has 2 rings (SSSR count). The van der Waals surface area contributed by atoms with Crippen molar-refractivity contribution in [2.75, 3.05) is 0 Å². The van der Waals surface area contributed by atoms with E-state index in [9.17, 15) is 12.8 Å². The summed E-state index contributed by atoms with van der Waals surface area (Å²) in [4.78, 5) is 1.03. The normalized spacial score (nSPS) is 16.1. The lowest BCUT2D eigenvalue weighted by Gasteiger charge is -2.24. The highest BCUT2D eigenvalue weighted by Crippen LogP contribution is 2.21. The van der Waals surface area contributed by atoms with E-state index in [4.69, 9.17) is 16.9 Å². The van der Waals surface area contributed by atoms with Crippen molar-refractivity contribution in [2.45, 2.75) is 10.3 Å². The number of halogens is 2. The minimum absolute atomic E-state index is 0.137. The molecule has 1 aromatic carbocycles. The van der Waals surface area contributed by atoms with Gasteiger partial charge in [-0.3, -0.25) is 0 Å². The van der Waals surface area contributed by atoms with E-state index >= 15 is 0 Å². The second kappa shape index (κ2) is 5.53. The average molecular weight is 314 g/mol. The molecule has 1 N–H and O–H groups in total. The van der Waals surface area contributed by atoms with Crippen LogP contribution in [0.2, 0.25) is 0 Å². The highest BCUT2D eigenvalue weighted by Gasteiger charge is 2.31. The fraction of sp³-hybridized carbons (Fsp3) is 0.0833. The Labute approximate surface area is 120 Å². The molecule has 5 nitrogen and oxygen atoms in total. The molecule has 20 heavy (non-hydrogen) atoms. The molecule has 104 valence electrons. The van der Waals surface area contributed by atoms with Gasteiger partial charge in [-0.05, 0) is 24.3 Å². The Morgan fingerprint density at radius 3 is 2.55 bits per heavy atom. The summed E-state index contributed by atoms with van der Waals surface area (Å²) >= 11 is 5.73. The van der Waals surface area contributed by atoms with E-state index in [0.717, 1.165) is 29.2 Å². The van der Waals surface area contributed by atoms with Crippen LogP contribution in [0.3, 0.4) is 0 Å². The molecule has 1 unspecified atom stereocenters. The molecular weight excluding hydrogens is 305 g/mol. The Balaban J connectivity index is 2.41. The van der Waals surface area contributed by atoms with Gasteiger partial charge < -0.3 is 10.2 Å². The monoisotopic (exact) mass is 313 g/mol. The van der Waals surface area contributed by atoms with Crippen molar-refractivity contribution in [1.29, 1.82) is 5.26 Å². The molecule has 0 saturated heterocycles. The van der Waals surface area contributed by atoms with E-state index in [2.05, 4.69) is 5.32 Å². The number of nitriles is 1. The van der Waals surface area contributed by atoms with E-state index in [1.165, 1.54) is 18.6 Å². The van der Waals surface area contributed by atoms with E-state index in [0.29, 0.717) is 0 Å². The second-order valence-corrected chi connectivity index (χ2v) is 6.28. The molecule has 0 radical (unpaired) electrons. The third kappa shape index (κ3) is 2.76. The molecule has 1 heterocycles. The molecule has 0 fully saturated rings. The summed E-state index contributed by atoms with van der Waals surface area (Å²) in [6.45, 7) is 0. The minimum atomic E-state index is -3.98. The zero-order valence-electron chi connectivity index (χ0n) is 9.99. The molecule has 0 spiro atoms. The molecule has 0 aromatic heterocycles. The van der Waals surface area contributed by atoms with Gasteiger partial charge in [-0.25, -0.2) is 12.8 Å². The maximum absolute atomic E-state index is 12.8. The number of nitrogens with one attached hydrogen (secondary N) is 1. The molecule has 0 amide bonds. The van der Waals surface area contributed by atoms with Crippen LogP contribution in [-0.2, 0) is 9.84 Å². The van der Waals surface area contributed by atoms with Gasteiger partial charge in [0.25, 0.3) is 0 Å². The lowest BCUT2D eigenvalue weighted by atomic mass is 10.4. The van der Waals surface area contributed by atoms with Crippen LogP contribution < -0.4 is 5.32 Å². The molecule has 8 heteroatoms. The summed E-state index contributed by atoms with van der Waals surface area (Å²) in [5.41, 5.74) is 0. The smallest absolute Gasteiger partial charge is 0.227 e. The van der Waals surface area contributed by atoms with E-state index in [-0.39, 0.29) is 10.1 Å². The van der Waals surface area contributed by atoms with Crippen LogP contribution in [0.1, 0.15) is 0 Å². The van der Waals surface area contributed by atoms with E-state index in [1.54, 1.807) is 6.07 Å². The third-order valence-corrected chi connectivity index (χ3v) is 4.62. The van der Waals surface area contributed by atoms with Gasteiger partial charge >= 0.3 is 0 Å². The topological polar surface area (TPSA) is 73.2 Å². The van der Waals surface area contributed by atoms with Gasteiger partial charge in [0.2, 0.25) is 15.2 Å². The van der Waals surface area contributed by atoms with Crippen molar-refractivity contribution in [1.82, 2.24) is 10.2 Å². The van der Waals surface area contributed by atoms with Gasteiger partial charge in [0.05, 0.1) is 4.90 Å². The zero-order chi connectivity index (χ0) is 14.8. The predicted octanol–water partition coefficient (Wildman–Crippen LogP) is 1.86. The van der Waals surface area contributed by atoms with Crippen LogP contribution in [0.25, 0.3) is 0 Å². The van der Waals surface area contributed by atoms with Crippen molar-refractivity contribution in [2.24, 2.45) is 0 Å². The number of sulfone groups is 1. The first-order valence-electron chi connectivity index (χ1n) is 5.42. The summed E-state index contributed by atoms with van der Waals surface area (Å²) in [5, 5.41) is 10.5. The number of hydrogen-bond donors (Lipinski definition) is 1.